The predicted octanol–water partition coefficient (Wildman–Crippen LogP) is 7.82. The zero-order valence-electron chi connectivity index (χ0n) is 15.9. The van der Waals surface area contributed by atoms with Crippen LogP contribution in [0.3, 0.4) is 0 Å². The van der Waals surface area contributed by atoms with Crippen LogP contribution in [0, 0.1) is 34.6 Å². The van der Waals surface area contributed by atoms with Crippen LogP contribution in [0.15, 0.2) is 56.9 Å². The lowest BCUT2D eigenvalue weighted by Crippen LogP contribution is -1.83. The summed E-state index contributed by atoms with van der Waals surface area (Å²) in [5.41, 5.74) is 7.84. The van der Waals surface area contributed by atoms with Crippen molar-refractivity contribution < 1.29 is 8.39 Å². The number of rotatable bonds is 1. The molecule has 2 nitrogen and oxygen atoms in total. The molecule has 0 saturated carbocycles. The van der Waals surface area contributed by atoms with Crippen LogP contribution in [-0.2, 0) is 0 Å². The molecular formula is C23H23O2P. The lowest BCUT2D eigenvalue weighted by atomic mass is 10.0. The van der Waals surface area contributed by atoms with Gasteiger partial charge in [0.1, 0.15) is 11.2 Å². The van der Waals surface area contributed by atoms with E-state index < -0.39 is 8.01 Å². The molecule has 0 amide bonds. The average molecular weight is 362 g/mol. The molecule has 0 atom stereocenters. The number of hydrogen-bond donors (Lipinski definition) is 0. The van der Waals surface area contributed by atoms with Gasteiger partial charge in [0.25, 0.3) is 8.01 Å². The number of benzene rings is 3. The molecule has 1 heterocycles. The van der Waals surface area contributed by atoms with Gasteiger partial charge in [-0.2, -0.15) is 0 Å². The van der Waals surface area contributed by atoms with Crippen molar-refractivity contribution >= 4 is 30.0 Å². The minimum absolute atomic E-state index is 0.939. The van der Waals surface area contributed by atoms with Crippen molar-refractivity contribution in [1.29, 1.82) is 0 Å². The van der Waals surface area contributed by atoms with Gasteiger partial charge in [-0.3, -0.25) is 0 Å². The highest BCUT2D eigenvalue weighted by molar-refractivity contribution is 7.45. The second kappa shape index (κ2) is 6.37. The summed E-state index contributed by atoms with van der Waals surface area (Å²) in [4.78, 5) is 0. The van der Waals surface area contributed by atoms with E-state index in [-0.39, 0.29) is 0 Å². The van der Waals surface area contributed by atoms with Crippen LogP contribution in [0.5, 0.6) is 0 Å². The van der Waals surface area contributed by atoms with Gasteiger partial charge in [-0.1, -0.05) is 30.3 Å². The van der Waals surface area contributed by atoms with Gasteiger partial charge in [0.05, 0.1) is 5.30 Å². The Bertz CT molecular complexity index is 1120. The second-order valence-electron chi connectivity index (χ2n) is 7.14. The Labute approximate surface area is 155 Å². The monoisotopic (exact) mass is 362 g/mol. The van der Waals surface area contributed by atoms with Crippen molar-refractivity contribution in [2.45, 2.75) is 34.6 Å². The van der Waals surface area contributed by atoms with E-state index in [4.69, 9.17) is 8.39 Å². The first-order valence-corrected chi connectivity index (χ1v) is 10.1. The van der Waals surface area contributed by atoms with Gasteiger partial charge in [0.15, 0.2) is 0 Å². The van der Waals surface area contributed by atoms with E-state index in [2.05, 4.69) is 77.1 Å². The van der Waals surface area contributed by atoms with Gasteiger partial charge in [0, 0.05) is 10.8 Å². The summed E-state index contributed by atoms with van der Waals surface area (Å²) in [6.07, 6.45) is 0. The molecule has 0 aliphatic heterocycles. The summed E-state index contributed by atoms with van der Waals surface area (Å²) in [6.45, 7) is 10.6. The van der Waals surface area contributed by atoms with Gasteiger partial charge in [0.2, 0.25) is 0 Å². The van der Waals surface area contributed by atoms with Crippen LogP contribution in [0.1, 0.15) is 27.8 Å². The average Bonchev–Trinajstić information content (AvgIpc) is 2.73. The molecule has 0 unspecified atom stereocenters. The van der Waals surface area contributed by atoms with E-state index in [9.17, 15) is 0 Å². The van der Waals surface area contributed by atoms with E-state index in [1.807, 2.05) is 6.07 Å². The largest absolute Gasteiger partial charge is 0.415 e. The Hall–Kier alpha value is -2.44. The smallest absolute Gasteiger partial charge is 0.253 e. The molecule has 0 spiro atoms. The van der Waals surface area contributed by atoms with Crippen LogP contribution in [0.25, 0.3) is 27.2 Å². The maximum atomic E-state index is 6.53. The minimum Gasteiger partial charge on any atom is -0.415 e. The van der Waals surface area contributed by atoms with Crippen LogP contribution in [0.4, 0.5) is 0 Å². The van der Waals surface area contributed by atoms with Crippen molar-refractivity contribution in [3.63, 3.8) is 0 Å². The molecule has 0 bridgehead atoms. The molecular weight excluding hydrogens is 339 g/mol. The molecule has 3 heteroatoms. The van der Waals surface area contributed by atoms with Crippen LogP contribution in [0.2, 0.25) is 0 Å². The quantitative estimate of drug-likeness (QED) is 0.345. The van der Waals surface area contributed by atoms with Gasteiger partial charge in [-0.05, 0) is 80.6 Å². The molecule has 0 N–H and O–H groups in total. The van der Waals surface area contributed by atoms with Crippen LogP contribution in [-0.4, -0.2) is 0 Å². The molecule has 3 aromatic carbocycles. The fraction of sp³-hybridized carbons (Fsp3) is 0.217. The first-order chi connectivity index (χ1) is 12.4. The molecule has 0 aliphatic carbocycles. The third-order valence-corrected chi connectivity index (χ3v) is 6.38. The predicted molar refractivity (Wildman–Crippen MR) is 111 cm³/mol. The fourth-order valence-electron chi connectivity index (χ4n) is 3.60. The van der Waals surface area contributed by atoms with Gasteiger partial charge >= 0.3 is 0 Å². The molecule has 1 aromatic heterocycles. The lowest BCUT2D eigenvalue weighted by Gasteiger charge is -2.03. The van der Waals surface area contributed by atoms with Crippen molar-refractivity contribution in [1.82, 2.24) is 0 Å². The van der Waals surface area contributed by atoms with E-state index in [0.717, 1.165) is 38.4 Å². The van der Waals surface area contributed by atoms with Crippen molar-refractivity contribution in [3.05, 3.63) is 76.3 Å². The Morgan fingerprint density at radius 3 is 1.62 bits per heavy atom. The van der Waals surface area contributed by atoms with Crippen LogP contribution >= 0.6 is 8.01 Å². The highest BCUT2D eigenvalue weighted by atomic mass is 31.1. The Morgan fingerprint density at radius 1 is 0.615 bits per heavy atom. The first kappa shape index (κ1) is 17.0. The van der Waals surface area contributed by atoms with E-state index in [1.54, 1.807) is 0 Å². The Balaban J connectivity index is 2.28. The minimum atomic E-state index is -1.24. The summed E-state index contributed by atoms with van der Waals surface area (Å²) in [5, 5.41) is 3.38. The van der Waals surface area contributed by atoms with Crippen molar-refractivity contribution in [3.8, 4) is 5.30 Å². The summed E-state index contributed by atoms with van der Waals surface area (Å²) < 4.78 is 13.1. The zero-order chi connectivity index (χ0) is 18.4. The summed E-state index contributed by atoms with van der Waals surface area (Å²) in [7, 11) is -1.24. The van der Waals surface area contributed by atoms with E-state index >= 15 is 0 Å². The SMILES string of the molecule is Cc1cc(C)c2op(-c3ccccc3C)oc3c(C)cc(C)cc3c2c1. The molecule has 4 rings (SSSR count). The van der Waals surface area contributed by atoms with Crippen molar-refractivity contribution in [2.24, 2.45) is 0 Å². The maximum absolute atomic E-state index is 6.53. The fourth-order valence-corrected chi connectivity index (χ4v) is 5.22. The third-order valence-electron chi connectivity index (χ3n) is 4.79. The topological polar surface area (TPSA) is 26.3 Å². The number of hydrogen-bond acceptors (Lipinski definition) is 2. The summed E-state index contributed by atoms with van der Waals surface area (Å²) in [6, 6.07) is 17.1. The highest BCUT2D eigenvalue weighted by Gasteiger charge is 2.13. The standard InChI is InChI=1S/C23H23O2P/c1-14-10-17(4)22-19(12-14)20-13-15(2)11-18(5)23(20)25-26(24-22)21-9-7-6-8-16(21)3/h6-13H,1-5H3. The normalized spacial score (nSPS) is 11.3. The van der Waals surface area contributed by atoms with Crippen LogP contribution < -0.4 is 0 Å². The second-order valence-corrected chi connectivity index (χ2v) is 8.50. The molecule has 0 aliphatic rings. The lowest BCUT2D eigenvalue weighted by molar-refractivity contribution is 0.647. The molecule has 0 saturated heterocycles. The summed E-state index contributed by atoms with van der Waals surface area (Å²) in [5.74, 6) is 0. The Morgan fingerprint density at radius 2 is 1.12 bits per heavy atom. The number of aryl methyl sites for hydroxylation is 5. The Kier molecular flexibility index (Phi) is 4.17. The van der Waals surface area contributed by atoms with E-state index in [1.165, 1.54) is 16.7 Å². The van der Waals surface area contributed by atoms with Gasteiger partial charge < -0.3 is 8.39 Å². The molecule has 132 valence electrons. The van der Waals surface area contributed by atoms with E-state index in [0.29, 0.717) is 0 Å². The molecule has 0 radical (unpaired) electrons. The summed E-state index contributed by atoms with van der Waals surface area (Å²) >= 11 is 0. The molecule has 0 fully saturated rings. The maximum Gasteiger partial charge on any atom is 0.253 e. The molecule has 4 aromatic rings. The van der Waals surface area contributed by atoms with Crippen molar-refractivity contribution in [2.75, 3.05) is 0 Å². The van der Waals surface area contributed by atoms with Gasteiger partial charge in [-0.25, -0.2) is 0 Å². The highest BCUT2D eigenvalue weighted by Crippen LogP contribution is 2.45. The third kappa shape index (κ3) is 2.85. The first-order valence-electron chi connectivity index (χ1n) is 8.88. The number of fused-ring (bicyclic) bond motifs is 3. The molecule has 26 heavy (non-hydrogen) atoms. The van der Waals surface area contributed by atoms with Gasteiger partial charge in [-0.15, -0.1) is 0 Å². The zero-order valence-corrected chi connectivity index (χ0v) is 16.8.